The number of ether oxygens (including phenoxy) is 2. The standard InChI is InChI=1S/C17H24N2O2/c1-3-10-21-17-15-7-8-16(17)20-11-9-19(15)12-14-6-4-5-13(2)18-14/h3-6,15-17H,1,7-12H2,2H3/t15-,16-,17+/m1/s1. The molecule has 2 bridgehead atoms. The second-order valence-electron chi connectivity index (χ2n) is 5.88. The molecule has 3 rings (SSSR count). The van der Waals surface area contributed by atoms with Gasteiger partial charge >= 0.3 is 0 Å². The normalized spacial score (nSPS) is 29.3. The molecule has 114 valence electrons. The SMILES string of the molecule is C=CCO[C@H]1[C@H]2CC[C@H]1OCCN2Cc1cccc(C)n1. The van der Waals surface area contributed by atoms with Gasteiger partial charge in [0.25, 0.3) is 0 Å². The molecule has 0 aromatic carbocycles. The monoisotopic (exact) mass is 288 g/mol. The molecule has 0 N–H and O–H groups in total. The van der Waals surface area contributed by atoms with Crippen LogP contribution in [0.5, 0.6) is 0 Å². The van der Waals surface area contributed by atoms with Gasteiger partial charge in [0.05, 0.1) is 31.1 Å². The van der Waals surface area contributed by atoms with Gasteiger partial charge in [0.1, 0.15) is 0 Å². The third-order valence-corrected chi connectivity index (χ3v) is 4.39. The summed E-state index contributed by atoms with van der Waals surface area (Å²) in [6.07, 6.45) is 4.44. The fourth-order valence-corrected chi connectivity index (χ4v) is 3.46. The molecule has 21 heavy (non-hydrogen) atoms. The Morgan fingerprint density at radius 2 is 2.38 bits per heavy atom. The van der Waals surface area contributed by atoms with E-state index in [9.17, 15) is 0 Å². The molecule has 2 aliphatic rings. The lowest BCUT2D eigenvalue weighted by Gasteiger charge is -2.30. The lowest BCUT2D eigenvalue weighted by Crippen LogP contribution is -2.43. The van der Waals surface area contributed by atoms with Crippen molar-refractivity contribution in [2.45, 2.75) is 44.6 Å². The van der Waals surface area contributed by atoms with Crippen LogP contribution < -0.4 is 0 Å². The van der Waals surface area contributed by atoms with Gasteiger partial charge in [0.15, 0.2) is 0 Å². The van der Waals surface area contributed by atoms with Gasteiger partial charge in [-0.2, -0.15) is 0 Å². The van der Waals surface area contributed by atoms with Crippen molar-refractivity contribution in [3.05, 3.63) is 42.2 Å². The Bertz CT molecular complexity index is 491. The van der Waals surface area contributed by atoms with Gasteiger partial charge in [-0.1, -0.05) is 12.1 Å². The van der Waals surface area contributed by atoms with Crippen LogP contribution in [0.25, 0.3) is 0 Å². The lowest BCUT2D eigenvalue weighted by molar-refractivity contribution is -0.0448. The Labute approximate surface area is 126 Å². The van der Waals surface area contributed by atoms with E-state index < -0.39 is 0 Å². The summed E-state index contributed by atoms with van der Waals surface area (Å²) in [6, 6.07) is 6.65. The summed E-state index contributed by atoms with van der Waals surface area (Å²) in [7, 11) is 0. The minimum atomic E-state index is 0.162. The van der Waals surface area contributed by atoms with E-state index in [4.69, 9.17) is 9.47 Å². The zero-order chi connectivity index (χ0) is 14.7. The smallest absolute Gasteiger partial charge is 0.0995 e. The molecule has 1 aromatic heterocycles. The van der Waals surface area contributed by atoms with Crippen LogP contribution in [-0.4, -0.2) is 47.9 Å². The molecule has 1 saturated heterocycles. The first kappa shape index (κ1) is 14.7. The summed E-state index contributed by atoms with van der Waals surface area (Å²) in [5, 5.41) is 0. The van der Waals surface area contributed by atoms with Crippen molar-refractivity contribution >= 4 is 0 Å². The molecule has 2 fully saturated rings. The number of fused-ring (bicyclic) bond motifs is 2. The Balaban J connectivity index is 1.73. The van der Waals surface area contributed by atoms with Gasteiger partial charge in [-0.3, -0.25) is 9.88 Å². The quantitative estimate of drug-likeness (QED) is 0.779. The van der Waals surface area contributed by atoms with Crippen molar-refractivity contribution in [1.82, 2.24) is 9.88 Å². The van der Waals surface area contributed by atoms with Crippen LogP contribution >= 0.6 is 0 Å². The second-order valence-corrected chi connectivity index (χ2v) is 5.88. The van der Waals surface area contributed by atoms with E-state index in [2.05, 4.69) is 28.6 Å². The van der Waals surface area contributed by atoms with Crippen molar-refractivity contribution < 1.29 is 9.47 Å². The minimum absolute atomic E-state index is 0.162. The fourth-order valence-electron chi connectivity index (χ4n) is 3.46. The topological polar surface area (TPSA) is 34.6 Å². The molecule has 1 saturated carbocycles. The molecular formula is C17H24N2O2. The van der Waals surface area contributed by atoms with E-state index in [1.807, 2.05) is 19.1 Å². The van der Waals surface area contributed by atoms with Crippen molar-refractivity contribution in [2.75, 3.05) is 19.8 Å². The van der Waals surface area contributed by atoms with Crippen molar-refractivity contribution in [1.29, 1.82) is 0 Å². The Kier molecular flexibility index (Phi) is 4.68. The number of aromatic nitrogens is 1. The van der Waals surface area contributed by atoms with E-state index in [0.717, 1.165) is 43.9 Å². The number of hydrogen-bond acceptors (Lipinski definition) is 4. The number of hydrogen-bond donors (Lipinski definition) is 0. The average Bonchev–Trinajstić information content (AvgIpc) is 2.77. The molecule has 0 unspecified atom stereocenters. The molecule has 0 radical (unpaired) electrons. The predicted octanol–water partition coefficient (Wildman–Crippen LogP) is 2.32. The summed E-state index contributed by atoms with van der Waals surface area (Å²) in [6.45, 7) is 8.98. The van der Waals surface area contributed by atoms with Crippen molar-refractivity contribution in [3.8, 4) is 0 Å². The van der Waals surface area contributed by atoms with Crippen LogP contribution in [0.4, 0.5) is 0 Å². The first-order valence-electron chi connectivity index (χ1n) is 7.78. The van der Waals surface area contributed by atoms with Crippen LogP contribution in [0.3, 0.4) is 0 Å². The van der Waals surface area contributed by atoms with Crippen LogP contribution in [0.2, 0.25) is 0 Å². The molecule has 1 aliphatic carbocycles. The fraction of sp³-hybridized carbons (Fsp3) is 0.588. The maximum atomic E-state index is 5.99. The van der Waals surface area contributed by atoms with Gasteiger partial charge < -0.3 is 9.47 Å². The maximum Gasteiger partial charge on any atom is 0.0995 e. The van der Waals surface area contributed by atoms with Crippen LogP contribution in [0, 0.1) is 6.92 Å². The van der Waals surface area contributed by atoms with Gasteiger partial charge in [-0.25, -0.2) is 0 Å². The predicted molar refractivity (Wildman–Crippen MR) is 82.1 cm³/mol. The largest absolute Gasteiger partial charge is 0.374 e. The van der Waals surface area contributed by atoms with E-state index >= 15 is 0 Å². The van der Waals surface area contributed by atoms with E-state index in [1.54, 1.807) is 0 Å². The summed E-state index contributed by atoms with van der Waals surface area (Å²) in [4.78, 5) is 7.10. The summed E-state index contributed by atoms with van der Waals surface area (Å²) in [5.41, 5.74) is 2.20. The summed E-state index contributed by atoms with van der Waals surface area (Å²) < 4.78 is 12.0. The van der Waals surface area contributed by atoms with Gasteiger partial charge in [-0.15, -0.1) is 6.58 Å². The molecule has 1 aliphatic heterocycles. The highest BCUT2D eigenvalue weighted by molar-refractivity contribution is 5.10. The zero-order valence-corrected chi connectivity index (χ0v) is 12.7. The highest BCUT2D eigenvalue weighted by Gasteiger charge is 2.42. The van der Waals surface area contributed by atoms with Crippen molar-refractivity contribution in [2.24, 2.45) is 0 Å². The van der Waals surface area contributed by atoms with E-state index in [0.29, 0.717) is 12.6 Å². The van der Waals surface area contributed by atoms with Crippen LogP contribution in [0.15, 0.2) is 30.9 Å². The maximum absolute atomic E-state index is 5.99. The Morgan fingerprint density at radius 1 is 1.48 bits per heavy atom. The minimum Gasteiger partial charge on any atom is -0.374 e. The molecule has 4 nitrogen and oxygen atoms in total. The van der Waals surface area contributed by atoms with Crippen molar-refractivity contribution in [3.63, 3.8) is 0 Å². The molecule has 1 aromatic rings. The van der Waals surface area contributed by atoms with Gasteiger partial charge in [0.2, 0.25) is 0 Å². The first-order chi connectivity index (χ1) is 10.3. The second kappa shape index (κ2) is 6.69. The van der Waals surface area contributed by atoms with Gasteiger partial charge in [0, 0.05) is 24.8 Å². The number of aryl methyl sites for hydroxylation is 1. The third kappa shape index (κ3) is 3.34. The Morgan fingerprint density at radius 3 is 3.19 bits per heavy atom. The van der Waals surface area contributed by atoms with Crippen LogP contribution in [-0.2, 0) is 16.0 Å². The lowest BCUT2D eigenvalue weighted by atomic mass is 10.1. The summed E-state index contributed by atoms with van der Waals surface area (Å²) in [5.74, 6) is 0. The highest BCUT2D eigenvalue weighted by Crippen LogP contribution is 2.32. The molecule has 2 heterocycles. The molecule has 0 spiro atoms. The highest BCUT2D eigenvalue weighted by atomic mass is 16.5. The third-order valence-electron chi connectivity index (χ3n) is 4.39. The number of pyridine rings is 1. The van der Waals surface area contributed by atoms with E-state index in [1.165, 1.54) is 0 Å². The number of nitrogens with zero attached hydrogens (tertiary/aromatic N) is 2. The molecule has 4 heteroatoms. The number of rotatable bonds is 5. The Hall–Kier alpha value is -1.23. The summed E-state index contributed by atoms with van der Waals surface area (Å²) >= 11 is 0. The zero-order valence-electron chi connectivity index (χ0n) is 12.7. The molecular weight excluding hydrogens is 264 g/mol. The first-order valence-corrected chi connectivity index (χ1v) is 7.78. The van der Waals surface area contributed by atoms with Crippen LogP contribution in [0.1, 0.15) is 24.2 Å². The molecule has 0 amide bonds. The average molecular weight is 288 g/mol. The van der Waals surface area contributed by atoms with E-state index in [-0.39, 0.29) is 12.2 Å². The molecule has 3 atom stereocenters. The van der Waals surface area contributed by atoms with Gasteiger partial charge in [-0.05, 0) is 31.9 Å².